The Kier molecular flexibility index (Phi) is 4.03. The van der Waals surface area contributed by atoms with Crippen LogP contribution in [0.4, 0.5) is 0 Å². The average Bonchev–Trinajstić information content (AvgIpc) is 2.08. The minimum Gasteiger partial charge on any atom is -0.392 e. The summed E-state index contributed by atoms with van der Waals surface area (Å²) in [4.78, 5) is 2.52. The highest BCUT2D eigenvalue weighted by molar-refractivity contribution is 7.91. The van der Waals surface area contributed by atoms with E-state index in [0.29, 0.717) is 25.8 Å². The molecule has 90 valence electrons. The van der Waals surface area contributed by atoms with Crippen LogP contribution in [-0.4, -0.2) is 37.7 Å². The van der Waals surface area contributed by atoms with E-state index in [0.717, 1.165) is 0 Å². The Balaban J connectivity index is 2.71. The lowest BCUT2D eigenvalue weighted by molar-refractivity contribution is 0.00610. The molecule has 6 heteroatoms. The molecule has 0 aliphatic heterocycles. The Bertz CT molecular complexity index is 319. The second-order valence-electron chi connectivity index (χ2n) is 4.71. The van der Waals surface area contributed by atoms with Crippen molar-refractivity contribution >= 4 is 21.6 Å². The number of sulfone groups is 1. The van der Waals surface area contributed by atoms with E-state index in [-0.39, 0.29) is 5.41 Å². The first-order chi connectivity index (χ1) is 6.79. The first kappa shape index (κ1) is 13.2. The summed E-state index contributed by atoms with van der Waals surface area (Å²) in [5.41, 5.74) is -0.317. The third kappa shape index (κ3) is 3.06. The van der Waals surface area contributed by atoms with Gasteiger partial charge in [0.05, 0.1) is 11.4 Å². The number of hydrogen-bond acceptors (Lipinski definition) is 4. The van der Waals surface area contributed by atoms with Gasteiger partial charge in [-0.05, 0) is 31.0 Å². The second-order valence-corrected chi connectivity index (χ2v) is 7.30. The van der Waals surface area contributed by atoms with E-state index >= 15 is 0 Å². The zero-order valence-corrected chi connectivity index (χ0v) is 10.6. The maximum Gasteiger partial charge on any atom is 0.150 e. The topological polar surface area (TPSA) is 66.4 Å². The standard InChI is InChI=1S/C9H18ClNO3S/c1-9(6-11-10)4-3-7(5-8(9)12)15(2,13)14/h7-8,11-12H,3-6H2,1-2H3/t7-,8-,9+/m0/s1. The second kappa shape index (κ2) is 4.57. The van der Waals surface area contributed by atoms with Crippen molar-refractivity contribution in [2.24, 2.45) is 5.41 Å². The Hall–Kier alpha value is 0.160. The van der Waals surface area contributed by atoms with Gasteiger partial charge in [0.1, 0.15) is 9.84 Å². The lowest BCUT2D eigenvalue weighted by Crippen LogP contribution is -2.46. The molecule has 2 N–H and O–H groups in total. The van der Waals surface area contributed by atoms with Crippen molar-refractivity contribution in [3.05, 3.63) is 0 Å². The van der Waals surface area contributed by atoms with Crippen LogP contribution in [-0.2, 0) is 9.84 Å². The summed E-state index contributed by atoms with van der Waals surface area (Å²) in [6.45, 7) is 2.41. The van der Waals surface area contributed by atoms with Crippen molar-refractivity contribution in [1.29, 1.82) is 0 Å². The monoisotopic (exact) mass is 255 g/mol. The zero-order chi connectivity index (χ0) is 11.7. The largest absolute Gasteiger partial charge is 0.392 e. The molecular weight excluding hydrogens is 238 g/mol. The van der Waals surface area contributed by atoms with Crippen LogP contribution < -0.4 is 4.84 Å². The Morgan fingerprint density at radius 3 is 2.60 bits per heavy atom. The number of aliphatic hydroxyl groups is 1. The highest BCUT2D eigenvalue weighted by atomic mass is 35.5. The van der Waals surface area contributed by atoms with E-state index in [2.05, 4.69) is 4.84 Å². The van der Waals surface area contributed by atoms with Crippen LogP contribution in [0.1, 0.15) is 26.2 Å². The average molecular weight is 256 g/mol. The third-order valence-corrected chi connectivity index (χ3v) is 5.18. The minimum absolute atomic E-state index is 0.313. The molecule has 1 saturated carbocycles. The first-order valence-electron chi connectivity index (χ1n) is 5.00. The molecule has 0 radical (unpaired) electrons. The van der Waals surface area contributed by atoms with Gasteiger partial charge in [0.15, 0.2) is 0 Å². The molecule has 0 aromatic heterocycles. The molecule has 1 rings (SSSR count). The van der Waals surface area contributed by atoms with Gasteiger partial charge in [0, 0.05) is 18.2 Å². The molecule has 0 unspecified atom stereocenters. The number of halogens is 1. The van der Waals surface area contributed by atoms with Crippen molar-refractivity contribution in [1.82, 2.24) is 4.84 Å². The van der Waals surface area contributed by atoms with Crippen LogP contribution in [0.5, 0.6) is 0 Å². The van der Waals surface area contributed by atoms with E-state index in [4.69, 9.17) is 11.8 Å². The van der Waals surface area contributed by atoms with Crippen molar-refractivity contribution < 1.29 is 13.5 Å². The van der Waals surface area contributed by atoms with E-state index in [1.54, 1.807) is 0 Å². The smallest absolute Gasteiger partial charge is 0.150 e. The van der Waals surface area contributed by atoms with Gasteiger partial charge in [0.2, 0.25) is 0 Å². The van der Waals surface area contributed by atoms with Gasteiger partial charge in [-0.15, -0.1) is 0 Å². The summed E-state index contributed by atoms with van der Waals surface area (Å²) in [6, 6.07) is 0. The normalized spacial score (nSPS) is 37.9. The van der Waals surface area contributed by atoms with Gasteiger partial charge < -0.3 is 5.11 Å². The lowest BCUT2D eigenvalue weighted by atomic mass is 9.73. The quantitative estimate of drug-likeness (QED) is 0.729. The number of nitrogens with one attached hydrogen (secondary N) is 1. The van der Waals surface area contributed by atoms with Crippen molar-refractivity contribution in [3.63, 3.8) is 0 Å². The Morgan fingerprint density at radius 1 is 1.60 bits per heavy atom. The fourth-order valence-corrected chi connectivity index (χ4v) is 3.44. The van der Waals surface area contributed by atoms with Crippen LogP contribution in [0.25, 0.3) is 0 Å². The van der Waals surface area contributed by atoms with Crippen LogP contribution in [0.2, 0.25) is 0 Å². The van der Waals surface area contributed by atoms with Crippen molar-refractivity contribution in [2.45, 2.75) is 37.5 Å². The molecule has 0 heterocycles. The fourth-order valence-electron chi connectivity index (χ4n) is 2.06. The summed E-state index contributed by atoms with van der Waals surface area (Å²) in [7, 11) is -3.04. The van der Waals surface area contributed by atoms with Crippen LogP contribution in [0.15, 0.2) is 0 Å². The molecule has 1 aliphatic rings. The molecule has 15 heavy (non-hydrogen) atoms. The predicted molar refractivity (Wildman–Crippen MR) is 60.5 cm³/mol. The van der Waals surface area contributed by atoms with Crippen molar-refractivity contribution in [3.8, 4) is 0 Å². The summed E-state index contributed by atoms with van der Waals surface area (Å²) >= 11 is 5.44. The van der Waals surface area contributed by atoms with Gasteiger partial charge >= 0.3 is 0 Å². The van der Waals surface area contributed by atoms with Gasteiger partial charge in [-0.25, -0.2) is 13.3 Å². The van der Waals surface area contributed by atoms with Gasteiger partial charge in [-0.3, -0.25) is 0 Å². The highest BCUT2D eigenvalue weighted by Crippen LogP contribution is 2.37. The summed E-state index contributed by atoms with van der Waals surface area (Å²) in [5, 5.41) is 9.52. The maximum absolute atomic E-state index is 11.3. The zero-order valence-electron chi connectivity index (χ0n) is 9.03. The molecule has 4 nitrogen and oxygen atoms in total. The highest BCUT2D eigenvalue weighted by Gasteiger charge is 2.41. The van der Waals surface area contributed by atoms with Gasteiger partial charge in [0.25, 0.3) is 0 Å². The molecule has 0 amide bonds. The fraction of sp³-hybridized carbons (Fsp3) is 1.00. The lowest BCUT2D eigenvalue weighted by Gasteiger charge is -2.40. The molecular formula is C9H18ClNO3S. The summed E-state index contributed by atoms with van der Waals surface area (Å²) in [6.07, 6.45) is 2.20. The number of rotatable bonds is 3. The molecule has 1 fully saturated rings. The Labute approximate surface area is 96.0 Å². The summed E-state index contributed by atoms with van der Waals surface area (Å²) in [5.74, 6) is 0. The van der Waals surface area contributed by atoms with Crippen LogP contribution in [0, 0.1) is 5.41 Å². The molecule has 3 atom stereocenters. The van der Waals surface area contributed by atoms with Gasteiger partial charge in [-0.1, -0.05) is 6.92 Å². The van der Waals surface area contributed by atoms with E-state index in [1.165, 1.54) is 6.26 Å². The maximum atomic E-state index is 11.3. The molecule has 0 saturated heterocycles. The van der Waals surface area contributed by atoms with Crippen molar-refractivity contribution in [2.75, 3.05) is 12.8 Å². The van der Waals surface area contributed by atoms with Crippen LogP contribution in [0.3, 0.4) is 0 Å². The van der Waals surface area contributed by atoms with Gasteiger partial charge in [-0.2, -0.15) is 0 Å². The first-order valence-corrected chi connectivity index (χ1v) is 7.33. The van der Waals surface area contributed by atoms with E-state index in [9.17, 15) is 13.5 Å². The van der Waals surface area contributed by atoms with Crippen LogP contribution >= 0.6 is 11.8 Å². The third-order valence-electron chi connectivity index (χ3n) is 3.40. The van der Waals surface area contributed by atoms with E-state index < -0.39 is 21.2 Å². The predicted octanol–water partition coefficient (Wildman–Crippen LogP) is 0.694. The SMILES string of the molecule is C[C@]1(CNCl)CC[C@H](S(C)(=O)=O)C[C@@H]1O. The molecule has 0 aromatic carbocycles. The minimum atomic E-state index is -3.04. The molecule has 0 bridgehead atoms. The number of hydrogen-bond donors (Lipinski definition) is 2. The summed E-state index contributed by atoms with van der Waals surface area (Å²) < 4.78 is 22.7. The number of aliphatic hydroxyl groups excluding tert-OH is 1. The molecule has 0 spiro atoms. The van der Waals surface area contributed by atoms with E-state index in [1.807, 2.05) is 6.92 Å². The Morgan fingerprint density at radius 2 is 2.20 bits per heavy atom. The molecule has 1 aliphatic carbocycles. The molecule has 0 aromatic rings.